The van der Waals surface area contributed by atoms with Gasteiger partial charge in [-0.1, -0.05) is 0 Å². The minimum absolute atomic E-state index is 0.221. The van der Waals surface area contributed by atoms with Gasteiger partial charge in [0.15, 0.2) is 0 Å². The quantitative estimate of drug-likeness (QED) is 0.771. The van der Waals surface area contributed by atoms with Crippen LogP contribution in [0.2, 0.25) is 0 Å². The molecule has 2 rings (SSSR count). The predicted octanol–water partition coefficient (Wildman–Crippen LogP) is 1.79. The Kier molecular flexibility index (Phi) is 4.28. The molecule has 0 unspecified atom stereocenters. The van der Waals surface area contributed by atoms with Crippen LogP contribution in [0.4, 0.5) is 5.69 Å². The average Bonchev–Trinajstić information content (AvgIpc) is 2.46. The first-order valence-corrected chi connectivity index (χ1v) is 6.96. The number of esters is 1. The third kappa shape index (κ3) is 3.28. The van der Waals surface area contributed by atoms with E-state index in [-0.39, 0.29) is 5.54 Å². The summed E-state index contributed by atoms with van der Waals surface area (Å²) < 4.78 is 4.65. The van der Waals surface area contributed by atoms with Crippen molar-refractivity contribution in [1.82, 2.24) is 9.88 Å². The maximum absolute atomic E-state index is 11.3. The number of pyridine rings is 1. The molecule has 0 aromatic carbocycles. The molecule has 110 valence electrons. The Hall–Kier alpha value is -1.62. The molecule has 1 aromatic rings. The Labute approximate surface area is 120 Å². The molecule has 1 aliphatic heterocycles. The lowest BCUT2D eigenvalue weighted by atomic mass is 10.0. The number of aromatic nitrogens is 1. The zero-order valence-corrected chi connectivity index (χ0v) is 12.7. The molecule has 20 heavy (non-hydrogen) atoms. The fraction of sp³-hybridized carbons (Fsp3) is 0.600. The van der Waals surface area contributed by atoms with Crippen molar-refractivity contribution in [3.63, 3.8) is 0 Å². The Morgan fingerprint density at radius 1 is 1.20 bits per heavy atom. The van der Waals surface area contributed by atoms with E-state index >= 15 is 0 Å². The van der Waals surface area contributed by atoms with Crippen LogP contribution in [-0.2, 0) is 4.74 Å². The van der Waals surface area contributed by atoms with Gasteiger partial charge in [0, 0.05) is 31.7 Å². The van der Waals surface area contributed by atoms with Gasteiger partial charge in [0.05, 0.1) is 19.0 Å². The molecule has 0 amide bonds. The van der Waals surface area contributed by atoms with Crippen molar-refractivity contribution in [2.75, 3.05) is 38.2 Å². The monoisotopic (exact) mass is 277 g/mol. The maximum Gasteiger partial charge on any atom is 0.356 e. The van der Waals surface area contributed by atoms with E-state index in [9.17, 15) is 4.79 Å². The minimum Gasteiger partial charge on any atom is -0.464 e. The summed E-state index contributed by atoms with van der Waals surface area (Å²) in [6.45, 7) is 10.8. The third-order valence-electron chi connectivity index (χ3n) is 3.74. The number of anilines is 1. The Morgan fingerprint density at radius 2 is 1.85 bits per heavy atom. The number of hydrogen-bond donors (Lipinski definition) is 0. The molecule has 1 aromatic heterocycles. The summed E-state index contributed by atoms with van der Waals surface area (Å²) in [5, 5.41) is 0. The van der Waals surface area contributed by atoms with Gasteiger partial charge in [-0.05, 0) is 32.9 Å². The van der Waals surface area contributed by atoms with E-state index in [0.717, 1.165) is 31.9 Å². The van der Waals surface area contributed by atoms with Gasteiger partial charge in [0.2, 0.25) is 0 Å². The van der Waals surface area contributed by atoms with Gasteiger partial charge in [0.25, 0.3) is 0 Å². The predicted molar refractivity (Wildman–Crippen MR) is 79.1 cm³/mol. The van der Waals surface area contributed by atoms with Gasteiger partial charge in [-0.15, -0.1) is 0 Å². The maximum atomic E-state index is 11.3. The van der Waals surface area contributed by atoms with Crippen LogP contribution >= 0.6 is 0 Å². The number of methoxy groups -OCH3 is 1. The van der Waals surface area contributed by atoms with Crippen LogP contribution < -0.4 is 4.90 Å². The van der Waals surface area contributed by atoms with Crippen LogP contribution in [-0.4, -0.2) is 54.7 Å². The molecule has 5 nitrogen and oxygen atoms in total. The fourth-order valence-electron chi connectivity index (χ4n) is 2.43. The summed E-state index contributed by atoms with van der Waals surface area (Å²) >= 11 is 0. The van der Waals surface area contributed by atoms with E-state index in [0.29, 0.717) is 5.69 Å². The Bertz CT molecular complexity index is 457. The van der Waals surface area contributed by atoms with Crippen molar-refractivity contribution in [2.24, 2.45) is 0 Å². The highest BCUT2D eigenvalue weighted by Crippen LogP contribution is 2.20. The third-order valence-corrected chi connectivity index (χ3v) is 3.74. The molecule has 0 saturated carbocycles. The van der Waals surface area contributed by atoms with Crippen LogP contribution in [0.5, 0.6) is 0 Å². The second kappa shape index (κ2) is 5.79. The fourth-order valence-corrected chi connectivity index (χ4v) is 2.43. The van der Waals surface area contributed by atoms with Crippen LogP contribution in [0.25, 0.3) is 0 Å². The van der Waals surface area contributed by atoms with E-state index < -0.39 is 5.97 Å². The molecule has 0 aliphatic carbocycles. The molecular weight excluding hydrogens is 254 g/mol. The van der Waals surface area contributed by atoms with Gasteiger partial charge < -0.3 is 9.64 Å². The first kappa shape index (κ1) is 14.8. The summed E-state index contributed by atoms with van der Waals surface area (Å²) in [6.07, 6.45) is 1.75. The second-order valence-electron chi connectivity index (χ2n) is 6.04. The van der Waals surface area contributed by atoms with Crippen molar-refractivity contribution < 1.29 is 9.53 Å². The standard InChI is InChI=1S/C15H23N3O2/c1-15(2,3)18-9-7-17(8-10-18)12-5-6-13(16-11-12)14(19)20-4/h5-6,11H,7-10H2,1-4H3. The average molecular weight is 277 g/mol. The summed E-state index contributed by atoms with van der Waals surface area (Å²) in [5.74, 6) is -0.394. The molecule has 0 bridgehead atoms. The largest absolute Gasteiger partial charge is 0.464 e. The molecule has 1 fully saturated rings. The highest BCUT2D eigenvalue weighted by atomic mass is 16.5. The molecule has 0 atom stereocenters. The Morgan fingerprint density at radius 3 is 2.30 bits per heavy atom. The molecule has 2 heterocycles. The van der Waals surface area contributed by atoms with Gasteiger partial charge in [-0.2, -0.15) is 0 Å². The van der Waals surface area contributed by atoms with Crippen molar-refractivity contribution in [3.05, 3.63) is 24.0 Å². The summed E-state index contributed by atoms with van der Waals surface area (Å²) in [4.78, 5) is 20.3. The van der Waals surface area contributed by atoms with E-state index in [2.05, 4.69) is 40.3 Å². The van der Waals surface area contributed by atoms with E-state index in [1.54, 1.807) is 12.3 Å². The van der Waals surface area contributed by atoms with Gasteiger partial charge in [0.1, 0.15) is 5.69 Å². The molecule has 1 saturated heterocycles. The molecule has 5 heteroatoms. The number of ether oxygens (including phenoxy) is 1. The first-order valence-electron chi connectivity index (χ1n) is 6.96. The van der Waals surface area contributed by atoms with Gasteiger partial charge in [-0.3, -0.25) is 4.90 Å². The molecule has 0 N–H and O–H groups in total. The number of rotatable bonds is 2. The van der Waals surface area contributed by atoms with Crippen molar-refractivity contribution in [1.29, 1.82) is 0 Å². The lowest BCUT2D eigenvalue weighted by Crippen LogP contribution is -2.53. The lowest BCUT2D eigenvalue weighted by molar-refractivity contribution is 0.0594. The second-order valence-corrected chi connectivity index (χ2v) is 6.04. The summed E-state index contributed by atoms with van der Waals surface area (Å²) in [5.41, 5.74) is 1.63. The smallest absolute Gasteiger partial charge is 0.356 e. The van der Waals surface area contributed by atoms with Crippen molar-refractivity contribution in [2.45, 2.75) is 26.3 Å². The van der Waals surface area contributed by atoms with Crippen LogP contribution in [0, 0.1) is 0 Å². The molecular formula is C15H23N3O2. The van der Waals surface area contributed by atoms with E-state index in [1.807, 2.05) is 6.07 Å². The number of hydrogen-bond acceptors (Lipinski definition) is 5. The first-order chi connectivity index (χ1) is 9.41. The van der Waals surface area contributed by atoms with Crippen LogP contribution in [0.1, 0.15) is 31.3 Å². The molecule has 0 spiro atoms. The van der Waals surface area contributed by atoms with Crippen molar-refractivity contribution in [3.8, 4) is 0 Å². The summed E-state index contributed by atoms with van der Waals surface area (Å²) in [6, 6.07) is 3.66. The van der Waals surface area contributed by atoms with Crippen LogP contribution in [0.3, 0.4) is 0 Å². The van der Waals surface area contributed by atoms with Gasteiger partial charge >= 0.3 is 5.97 Å². The number of nitrogens with zero attached hydrogens (tertiary/aromatic N) is 3. The molecule has 0 radical (unpaired) electrons. The normalized spacial score (nSPS) is 17.1. The van der Waals surface area contributed by atoms with Crippen molar-refractivity contribution >= 4 is 11.7 Å². The minimum atomic E-state index is -0.394. The van der Waals surface area contributed by atoms with Crippen LogP contribution in [0.15, 0.2) is 18.3 Å². The number of carbonyl (C=O) groups is 1. The van der Waals surface area contributed by atoms with E-state index in [4.69, 9.17) is 0 Å². The highest BCUT2D eigenvalue weighted by molar-refractivity contribution is 5.87. The van der Waals surface area contributed by atoms with E-state index in [1.165, 1.54) is 7.11 Å². The number of carbonyl (C=O) groups excluding carboxylic acids is 1. The summed E-state index contributed by atoms with van der Waals surface area (Å²) in [7, 11) is 1.36. The van der Waals surface area contributed by atoms with Gasteiger partial charge in [-0.25, -0.2) is 9.78 Å². The zero-order chi connectivity index (χ0) is 14.8. The highest BCUT2D eigenvalue weighted by Gasteiger charge is 2.25. The zero-order valence-electron chi connectivity index (χ0n) is 12.7. The topological polar surface area (TPSA) is 45.7 Å². The SMILES string of the molecule is COC(=O)c1ccc(N2CCN(C(C)(C)C)CC2)cn1. The lowest BCUT2D eigenvalue weighted by Gasteiger charge is -2.42. The molecule has 1 aliphatic rings. The Balaban J connectivity index is 1.99. The number of piperazine rings is 1.